The van der Waals surface area contributed by atoms with Crippen LogP contribution in [0.2, 0.25) is 0 Å². The van der Waals surface area contributed by atoms with Gasteiger partial charge >= 0.3 is 5.97 Å². The van der Waals surface area contributed by atoms with Gasteiger partial charge in [0.1, 0.15) is 0 Å². The molecule has 0 amide bonds. The standard InChI is InChI=1S/C9H12N2O3.ClH/c12-9(13)8-7(1-4-14-8)5-11-3-2-10-6-11;/h2-3,6-8H,1,4-5H2,(H,12,13);1H. The summed E-state index contributed by atoms with van der Waals surface area (Å²) in [4.78, 5) is 14.7. The minimum atomic E-state index is -0.868. The summed E-state index contributed by atoms with van der Waals surface area (Å²) in [5.41, 5.74) is 0. The predicted octanol–water partition coefficient (Wildman–Crippen LogP) is 0.795. The summed E-state index contributed by atoms with van der Waals surface area (Å²) in [6, 6.07) is 0. The fourth-order valence-corrected chi connectivity index (χ4v) is 1.76. The van der Waals surface area contributed by atoms with Crippen molar-refractivity contribution in [3.63, 3.8) is 0 Å². The molecule has 0 aliphatic carbocycles. The molecule has 1 saturated heterocycles. The van der Waals surface area contributed by atoms with Crippen LogP contribution in [0.5, 0.6) is 0 Å². The maximum Gasteiger partial charge on any atom is 0.333 e. The number of hydrogen-bond donors (Lipinski definition) is 1. The summed E-state index contributed by atoms with van der Waals surface area (Å²) >= 11 is 0. The van der Waals surface area contributed by atoms with Crippen molar-refractivity contribution < 1.29 is 14.6 Å². The molecule has 1 aliphatic heterocycles. The van der Waals surface area contributed by atoms with Crippen molar-refractivity contribution in [1.82, 2.24) is 9.55 Å². The van der Waals surface area contributed by atoms with Gasteiger partial charge < -0.3 is 14.4 Å². The van der Waals surface area contributed by atoms with E-state index < -0.39 is 12.1 Å². The second-order valence-electron chi connectivity index (χ2n) is 3.44. The molecule has 0 aromatic carbocycles. The Balaban J connectivity index is 0.00000112. The number of carbonyl (C=O) groups is 1. The van der Waals surface area contributed by atoms with Gasteiger partial charge in [-0.25, -0.2) is 9.78 Å². The monoisotopic (exact) mass is 232 g/mol. The minimum absolute atomic E-state index is 0. The normalized spacial score (nSPS) is 24.8. The number of ether oxygens (including phenoxy) is 1. The van der Waals surface area contributed by atoms with E-state index in [1.54, 1.807) is 12.5 Å². The summed E-state index contributed by atoms with van der Waals surface area (Å²) in [6.45, 7) is 1.20. The molecule has 84 valence electrons. The second kappa shape index (κ2) is 5.14. The molecule has 1 aliphatic rings. The maximum atomic E-state index is 10.8. The Morgan fingerprint density at radius 3 is 3.07 bits per heavy atom. The average molecular weight is 233 g/mol. The van der Waals surface area contributed by atoms with Crippen LogP contribution in [0.1, 0.15) is 6.42 Å². The molecule has 15 heavy (non-hydrogen) atoms. The highest BCUT2D eigenvalue weighted by atomic mass is 35.5. The predicted molar refractivity (Wildman–Crippen MR) is 55.0 cm³/mol. The second-order valence-corrected chi connectivity index (χ2v) is 3.44. The summed E-state index contributed by atoms with van der Waals surface area (Å²) in [6.07, 6.45) is 5.35. The Labute approximate surface area is 93.5 Å². The number of nitrogens with zero attached hydrogens (tertiary/aromatic N) is 2. The van der Waals surface area contributed by atoms with Gasteiger partial charge in [-0.05, 0) is 6.42 Å². The number of imidazole rings is 1. The van der Waals surface area contributed by atoms with Crippen molar-refractivity contribution in [3.05, 3.63) is 18.7 Å². The van der Waals surface area contributed by atoms with Crippen LogP contribution in [0, 0.1) is 5.92 Å². The first-order valence-corrected chi connectivity index (χ1v) is 4.57. The van der Waals surface area contributed by atoms with E-state index in [0.29, 0.717) is 13.2 Å². The number of aromatic nitrogens is 2. The van der Waals surface area contributed by atoms with E-state index in [-0.39, 0.29) is 18.3 Å². The topological polar surface area (TPSA) is 64.3 Å². The van der Waals surface area contributed by atoms with Crippen LogP contribution in [-0.4, -0.2) is 33.3 Å². The largest absolute Gasteiger partial charge is 0.479 e. The lowest BCUT2D eigenvalue weighted by Crippen LogP contribution is -2.28. The molecule has 1 N–H and O–H groups in total. The zero-order valence-corrected chi connectivity index (χ0v) is 8.89. The Morgan fingerprint density at radius 1 is 1.67 bits per heavy atom. The van der Waals surface area contributed by atoms with Crippen LogP contribution in [0.25, 0.3) is 0 Å². The molecule has 1 aromatic heterocycles. The smallest absolute Gasteiger partial charge is 0.333 e. The van der Waals surface area contributed by atoms with E-state index in [4.69, 9.17) is 9.84 Å². The van der Waals surface area contributed by atoms with E-state index in [9.17, 15) is 4.79 Å². The van der Waals surface area contributed by atoms with Gasteiger partial charge in [-0.1, -0.05) is 0 Å². The molecule has 5 nitrogen and oxygen atoms in total. The molecule has 0 spiro atoms. The Morgan fingerprint density at radius 2 is 2.47 bits per heavy atom. The van der Waals surface area contributed by atoms with Crippen molar-refractivity contribution in [3.8, 4) is 0 Å². The van der Waals surface area contributed by atoms with Crippen molar-refractivity contribution in [2.24, 2.45) is 5.92 Å². The molecule has 1 fully saturated rings. The lowest BCUT2D eigenvalue weighted by atomic mass is 10.0. The number of carboxylic acid groups (broad SMARTS) is 1. The molecular weight excluding hydrogens is 220 g/mol. The van der Waals surface area contributed by atoms with E-state index in [0.717, 1.165) is 6.42 Å². The first kappa shape index (κ1) is 12.0. The quantitative estimate of drug-likeness (QED) is 0.837. The summed E-state index contributed by atoms with van der Waals surface area (Å²) < 4.78 is 7.03. The summed E-state index contributed by atoms with van der Waals surface area (Å²) in [5.74, 6) is -0.811. The Hall–Kier alpha value is -1.07. The fourth-order valence-electron chi connectivity index (χ4n) is 1.76. The molecule has 2 heterocycles. The van der Waals surface area contributed by atoms with Gasteiger partial charge in [0.15, 0.2) is 6.10 Å². The molecule has 2 rings (SSSR count). The molecule has 2 atom stereocenters. The van der Waals surface area contributed by atoms with E-state index in [1.807, 2.05) is 10.8 Å². The first-order valence-electron chi connectivity index (χ1n) is 4.57. The van der Waals surface area contributed by atoms with Gasteiger partial charge in [-0.2, -0.15) is 0 Å². The van der Waals surface area contributed by atoms with Crippen LogP contribution in [0.3, 0.4) is 0 Å². The van der Waals surface area contributed by atoms with Crippen LogP contribution in [0.15, 0.2) is 18.7 Å². The highest BCUT2D eigenvalue weighted by molar-refractivity contribution is 5.85. The van der Waals surface area contributed by atoms with Crippen LogP contribution in [-0.2, 0) is 16.1 Å². The Bertz CT molecular complexity index is 315. The summed E-state index contributed by atoms with van der Waals surface area (Å²) in [7, 11) is 0. The van der Waals surface area contributed by atoms with Gasteiger partial charge in [0.2, 0.25) is 0 Å². The number of aliphatic carboxylic acids is 1. The summed E-state index contributed by atoms with van der Waals surface area (Å²) in [5, 5.41) is 8.86. The number of carboxylic acids is 1. The zero-order valence-electron chi connectivity index (χ0n) is 8.07. The van der Waals surface area contributed by atoms with Crippen molar-refractivity contribution in [1.29, 1.82) is 0 Å². The van der Waals surface area contributed by atoms with Crippen LogP contribution >= 0.6 is 12.4 Å². The maximum absolute atomic E-state index is 10.8. The molecule has 6 heteroatoms. The zero-order chi connectivity index (χ0) is 9.97. The van der Waals surface area contributed by atoms with Crippen molar-refractivity contribution >= 4 is 18.4 Å². The third-order valence-corrected chi connectivity index (χ3v) is 2.46. The third-order valence-electron chi connectivity index (χ3n) is 2.46. The highest BCUT2D eigenvalue weighted by Crippen LogP contribution is 2.22. The highest BCUT2D eigenvalue weighted by Gasteiger charge is 2.33. The van der Waals surface area contributed by atoms with Gasteiger partial charge in [0, 0.05) is 31.5 Å². The lowest BCUT2D eigenvalue weighted by Gasteiger charge is -2.14. The number of rotatable bonds is 3. The van der Waals surface area contributed by atoms with E-state index in [2.05, 4.69) is 4.98 Å². The van der Waals surface area contributed by atoms with Gasteiger partial charge in [0.25, 0.3) is 0 Å². The molecular formula is C9H13ClN2O3. The molecule has 0 radical (unpaired) electrons. The molecule has 1 aromatic rings. The van der Waals surface area contributed by atoms with Crippen molar-refractivity contribution in [2.45, 2.75) is 19.1 Å². The van der Waals surface area contributed by atoms with Gasteiger partial charge in [-0.3, -0.25) is 0 Å². The number of hydrogen-bond acceptors (Lipinski definition) is 3. The van der Waals surface area contributed by atoms with Gasteiger partial charge in [0.05, 0.1) is 6.33 Å². The first-order chi connectivity index (χ1) is 6.77. The molecule has 2 unspecified atom stereocenters. The van der Waals surface area contributed by atoms with Gasteiger partial charge in [-0.15, -0.1) is 12.4 Å². The third kappa shape index (κ3) is 2.70. The molecule has 0 bridgehead atoms. The SMILES string of the molecule is Cl.O=C(O)C1OCCC1Cn1ccnc1. The van der Waals surface area contributed by atoms with Crippen molar-refractivity contribution in [2.75, 3.05) is 6.61 Å². The van der Waals surface area contributed by atoms with E-state index >= 15 is 0 Å². The molecule has 0 saturated carbocycles. The lowest BCUT2D eigenvalue weighted by molar-refractivity contribution is -0.149. The average Bonchev–Trinajstić information content (AvgIpc) is 2.75. The van der Waals surface area contributed by atoms with Crippen LogP contribution < -0.4 is 0 Å². The Kier molecular flexibility index (Phi) is 4.11. The number of halogens is 1. The van der Waals surface area contributed by atoms with E-state index in [1.165, 1.54) is 0 Å². The van der Waals surface area contributed by atoms with Crippen LogP contribution in [0.4, 0.5) is 0 Å². The fraction of sp³-hybridized carbons (Fsp3) is 0.556. The minimum Gasteiger partial charge on any atom is -0.479 e.